The molecule has 3 rings (SSSR count). The molecule has 9 nitrogen and oxygen atoms in total. The van der Waals surface area contributed by atoms with Gasteiger partial charge in [0.25, 0.3) is 5.91 Å². The summed E-state index contributed by atoms with van der Waals surface area (Å²) in [4.78, 5) is 12.6. The monoisotopic (exact) mass is 590 g/mol. The van der Waals surface area contributed by atoms with Gasteiger partial charge in [0, 0.05) is 5.56 Å². The first-order valence-electron chi connectivity index (χ1n) is 11.3. The Morgan fingerprint density at radius 2 is 1.65 bits per heavy atom. The number of hydrazone groups is 1. The summed E-state index contributed by atoms with van der Waals surface area (Å²) in [5, 5.41) is 4.00. The van der Waals surface area contributed by atoms with Crippen molar-refractivity contribution in [2.45, 2.75) is 25.7 Å². The molecule has 0 aliphatic rings. The molecule has 0 atom stereocenters. The summed E-state index contributed by atoms with van der Waals surface area (Å²) in [6.07, 6.45) is 1.39. The molecular formula is C26H27BrN2O7S. The van der Waals surface area contributed by atoms with Crippen LogP contribution in [0.15, 0.2) is 69.1 Å². The molecule has 0 fully saturated rings. The molecule has 0 heterocycles. The van der Waals surface area contributed by atoms with E-state index in [-0.39, 0.29) is 16.4 Å². The summed E-state index contributed by atoms with van der Waals surface area (Å²) in [7, 11) is -2.70. The van der Waals surface area contributed by atoms with Crippen molar-refractivity contribution in [3.8, 4) is 23.0 Å². The van der Waals surface area contributed by atoms with E-state index in [1.54, 1.807) is 36.4 Å². The Morgan fingerprint density at radius 1 is 0.973 bits per heavy atom. The molecule has 0 unspecified atom stereocenters. The number of carbonyl (C=O) groups excluding carboxylic acids is 1. The van der Waals surface area contributed by atoms with Crippen LogP contribution in [0.4, 0.5) is 0 Å². The number of amides is 1. The fourth-order valence-electron chi connectivity index (χ4n) is 3.18. The predicted octanol–water partition coefficient (Wildman–Crippen LogP) is 5.10. The molecule has 0 aliphatic carbocycles. The van der Waals surface area contributed by atoms with Crippen LogP contribution in [0.25, 0.3) is 0 Å². The summed E-state index contributed by atoms with van der Waals surface area (Å²) in [5.74, 6) is 0.710. The predicted molar refractivity (Wildman–Crippen MR) is 144 cm³/mol. The van der Waals surface area contributed by atoms with Gasteiger partial charge < -0.3 is 18.4 Å². The molecule has 11 heteroatoms. The van der Waals surface area contributed by atoms with E-state index in [1.807, 2.05) is 20.8 Å². The highest BCUT2D eigenvalue weighted by atomic mass is 79.9. The van der Waals surface area contributed by atoms with Crippen LogP contribution < -0.4 is 23.8 Å². The number of hydrogen-bond acceptors (Lipinski definition) is 8. The molecular weight excluding hydrogens is 564 g/mol. The van der Waals surface area contributed by atoms with Crippen molar-refractivity contribution >= 4 is 38.2 Å². The smallest absolute Gasteiger partial charge is 0.339 e. The number of ether oxygens (including phenoxy) is 3. The highest BCUT2D eigenvalue weighted by molar-refractivity contribution is 9.10. The van der Waals surface area contributed by atoms with Gasteiger partial charge >= 0.3 is 10.1 Å². The van der Waals surface area contributed by atoms with Gasteiger partial charge in [-0.15, -0.1) is 0 Å². The first kappa shape index (κ1) is 28.0. The zero-order valence-electron chi connectivity index (χ0n) is 20.8. The number of nitrogens with zero attached hydrogens (tertiary/aromatic N) is 1. The zero-order chi connectivity index (χ0) is 27.0. The Labute approximate surface area is 224 Å². The molecule has 0 aliphatic heterocycles. The maximum atomic E-state index is 12.7. The largest absolute Gasteiger partial charge is 0.493 e. The quantitative estimate of drug-likeness (QED) is 0.188. The number of aryl methyl sites for hydroxylation is 1. The zero-order valence-corrected chi connectivity index (χ0v) is 23.2. The second-order valence-corrected chi connectivity index (χ2v) is 10.0. The third-order valence-corrected chi connectivity index (χ3v) is 6.76. The van der Waals surface area contributed by atoms with Crippen LogP contribution in [0.5, 0.6) is 23.0 Å². The number of halogens is 1. The minimum absolute atomic E-state index is 0.0119. The van der Waals surface area contributed by atoms with Crippen molar-refractivity contribution < 1.29 is 31.6 Å². The minimum Gasteiger partial charge on any atom is -0.493 e. The number of hydrogen-bond donors (Lipinski definition) is 1. The number of carbonyl (C=O) groups is 1. The third kappa shape index (κ3) is 7.23. The van der Waals surface area contributed by atoms with Crippen molar-refractivity contribution in [1.29, 1.82) is 0 Å². The molecule has 0 bridgehead atoms. The third-order valence-electron chi connectivity index (χ3n) is 4.94. The number of methoxy groups -OCH3 is 1. The molecule has 1 amide bonds. The Kier molecular flexibility index (Phi) is 9.54. The van der Waals surface area contributed by atoms with Gasteiger partial charge in [-0.2, -0.15) is 13.5 Å². The van der Waals surface area contributed by atoms with Crippen LogP contribution in [0.2, 0.25) is 0 Å². The first-order valence-corrected chi connectivity index (χ1v) is 13.5. The Hall–Kier alpha value is -3.57. The van der Waals surface area contributed by atoms with Crippen LogP contribution in [0, 0.1) is 6.92 Å². The summed E-state index contributed by atoms with van der Waals surface area (Å²) < 4.78 is 47.6. The van der Waals surface area contributed by atoms with E-state index in [1.165, 1.54) is 31.5 Å². The SMILES string of the molecule is CCOc1ccc(C(=O)N/N=C/c2cc(Br)c(OS(=O)(=O)c3ccc(C)cc3)c(OC)c2)cc1OCC. The van der Waals surface area contributed by atoms with Crippen LogP contribution >= 0.6 is 15.9 Å². The number of rotatable bonds is 11. The van der Waals surface area contributed by atoms with Crippen LogP contribution in [-0.2, 0) is 10.1 Å². The van der Waals surface area contributed by atoms with Crippen LogP contribution in [0.1, 0.15) is 35.3 Å². The lowest BCUT2D eigenvalue weighted by atomic mass is 10.2. The summed E-state index contributed by atoms with van der Waals surface area (Å²) in [5.41, 5.74) is 4.24. The average Bonchev–Trinajstić information content (AvgIpc) is 2.87. The normalized spacial score (nSPS) is 11.3. The fourth-order valence-corrected chi connectivity index (χ4v) is 4.79. The fraction of sp³-hybridized carbons (Fsp3) is 0.231. The molecule has 0 radical (unpaired) electrons. The van der Waals surface area contributed by atoms with E-state index in [9.17, 15) is 13.2 Å². The maximum absolute atomic E-state index is 12.7. The van der Waals surface area contributed by atoms with Crippen LogP contribution in [-0.4, -0.2) is 40.9 Å². The van der Waals surface area contributed by atoms with Gasteiger partial charge in [-0.1, -0.05) is 17.7 Å². The van der Waals surface area contributed by atoms with Crippen molar-refractivity contribution in [3.63, 3.8) is 0 Å². The highest BCUT2D eigenvalue weighted by Gasteiger charge is 2.22. The topological polar surface area (TPSA) is 113 Å². The first-order chi connectivity index (χ1) is 17.7. The van der Waals surface area contributed by atoms with Crippen LogP contribution in [0.3, 0.4) is 0 Å². The lowest BCUT2D eigenvalue weighted by Crippen LogP contribution is -2.17. The van der Waals surface area contributed by atoms with Crippen molar-refractivity contribution in [2.75, 3.05) is 20.3 Å². The number of benzene rings is 3. The second kappa shape index (κ2) is 12.6. The molecule has 196 valence electrons. The standard InChI is InChI=1S/C26H27BrN2O7S/c1-5-34-22-12-9-19(15-23(22)35-6-2)26(30)29-28-16-18-13-21(27)25(24(14-18)33-4)36-37(31,32)20-10-7-17(3)8-11-20/h7-16H,5-6H2,1-4H3,(H,29,30)/b28-16+. The molecule has 37 heavy (non-hydrogen) atoms. The van der Waals surface area contributed by atoms with Gasteiger partial charge in [-0.3, -0.25) is 4.79 Å². The molecule has 0 spiro atoms. The van der Waals surface area contributed by atoms with E-state index < -0.39 is 16.0 Å². The molecule has 0 saturated carbocycles. The Balaban J connectivity index is 1.76. The van der Waals surface area contributed by atoms with E-state index in [0.29, 0.717) is 40.3 Å². The lowest BCUT2D eigenvalue weighted by molar-refractivity contribution is 0.0954. The van der Waals surface area contributed by atoms with Crippen molar-refractivity contribution in [1.82, 2.24) is 5.43 Å². The summed E-state index contributed by atoms with van der Waals surface area (Å²) in [6, 6.07) is 14.3. The maximum Gasteiger partial charge on any atom is 0.339 e. The Morgan fingerprint density at radius 3 is 2.30 bits per heavy atom. The van der Waals surface area contributed by atoms with Gasteiger partial charge in [-0.25, -0.2) is 5.43 Å². The van der Waals surface area contributed by atoms with E-state index in [2.05, 4.69) is 26.5 Å². The molecule has 3 aromatic carbocycles. The van der Waals surface area contributed by atoms with Gasteiger partial charge in [0.2, 0.25) is 0 Å². The molecule has 1 N–H and O–H groups in total. The van der Waals surface area contributed by atoms with E-state index >= 15 is 0 Å². The molecule has 3 aromatic rings. The van der Waals surface area contributed by atoms with E-state index in [0.717, 1.165) is 5.56 Å². The molecule has 0 saturated heterocycles. The van der Waals surface area contributed by atoms with Gasteiger partial charge in [0.15, 0.2) is 23.0 Å². The minimum atomic E-state index is -4.09. The summed E-state index contributed by atoms with van der Waals surface area (Å²) in [6.45, 7) is 6.45. The lowest BCUT2D eigenvalue weighted by Gasteiger charge is -2.13. The second-order valence-electron chi connectivity index (χ2n) is 7.61. The highest BCUT2D eigenvalue weighted by Crippen LogP contribution is 2.38. The average molecular weight is 591 g/mol. The van der Waals surface area contributed by atoms with Gasteiger partial charge in [-0.05, 0) is 84.7 Å². The number of nitrogens with one attached hydrogen (secondary N) is 1. The van der Waals surface area contributed by atoms with Crippen molar-refractivity contribution in [2.24, 2.45) is 5.10 Å². The van der Waals surface area contributed by atoms with Gasteiger partial charge in [0.05, 0.1) is 31.0 Å². The van der Waals surface area contributed by atoms with Crippen molar-refractivity contribution in [3.05, 3.63) is 75.8 Å². The summed E-state index contributed by atoms with van der Waals surface area (Å²) >= 11 is 3.33. The Bertz CT molecular complexity index is 1390. The van der Waals surface area contributed by atoms with Gasteiger partial charge in [0.1, 0.15) is 4.90 Å². The van der Waals surface area contributed by atoms with E-state index in [4.69, 9.17) is 18.4 Å². The molecule has 0 aromatic heterocycles.